The Morgan fingerprint density at radius 1 is 0.510 bits per heavy atom. The van der Waals surface area contributed by atoms with Crippen molar-refractivity contribution in [3.63, 3.8) is 0 Å². The molecule has 0 aromatic rings. The summed E-state index contributed by atoms with van der Waals surface area (Å²) in [6, 6.07) is -0.538. The smallest absolute Gasteiger partial charge is 0.220 e. The van der Waals surface area contributed by atoms with E-state index in [2.05, 4.69) is 79.9 Å². The molecule has 0 spiro atoms. The lowest BCUT2D eigenvalue weighted by molar-refractivity contribution is -0.123. The lowest BCUT2D eigenvalue weighted by atomic mass is 10.0. The van der Waals surface area contributed by atoms with Crippen LogP contribution >= 0.6 is 0 Å². The molecule has 0 fully saturated rings. The van der Waals surface area contributed by atoms with Gasteiger partial charge < -0.3 is 15.5 Å². The summed E-state index contributed by atoms with van der Waals surface area (Å²) in [7, 11) is 0. The molecular weight excluding hydrogens is 602 g/mol. The molecule has 284 valence electrons. The van der Waals surface area contributed by atoms with E-state index in [4.69, 9.17) is 0 Å². The first kappa shape index (κ1) is 47.1. The predicted molar refractivity (Wildman–Crippen MR) is 216 cm³/mol. The van der Waals surface area contributed by atoms with Gasteiger partial charge in [-0.05, 0) is 57.8 Å². The number of hydrogen-bond donors (Lipinski definition) is 3. The Kier molecular flexibility index (Phi) is 38.9. The minimum absolute atomic E-state index is 0.0393. The summed E-state index contributed by atoms with van der Waals surface area (Å²) in [5, 5.41) is 23.0. The van der Waals surface area contributed by atoms with Crippen molar-refractivity contribution in [1.29, 1.82) is 0 Å². The quantitative estimate of drug-likeness (QED) is 0.0451. The molecule has 49 heavy (non-hydrogen) atoms. The van der Waals surface area contributed by atoms with E-state index in [-0.39, 0.29) is 12.5 Å². The number of amides is 1. The summed E-state index contributed by atoms with van der Waals surface area (Å²) in [6.45, 7) is 4.22. The number of carbonyl (C=O) groups is 1. The maximum absolute atomic E-state index is 12.4. The van der Waals surface area contributed by atoms with Crippen LogP contribution in [-0.4, -0.2) is 34.9 Å². The van der Waals surface area contributed by atoms with Crippen LogP contribution in [0.25, 0.3) is 0 Å². The van der Waals surface area contributed by atoms with Crippen molar-refractivity contribution in [2.45, 2.75) is 212 Å². The van der Waals surface area contributed by atoms with E-state index in [1.807, 2.05) is 0 Å². The summed E-state index contributed by atoms with van der Waals surface area (Å²) in [5.74, 6) is -0.0393. The lowest BCUT2D eigenvalue weighted by Gasteiger charge is -2.22. The van der Waals surface area contributed by atoms with E-state index >= 15 is 0 Å². The molecule has 0 aliphatic heterocycles. The van der Waals surface area contributed by atoms with Gasteiger partial charge in [-0.3, -0.25) is 4.79 Å². The molecule has 2 unspecified atom stereocenters. The van der Waals surface area contributed by atoms with Crippen molar-refractivity contribution in [3.05, 3.63) is 60.8 Å². The van der Waals surface area contributed by atoms with Crippen molar-refractivity contribution in [2.24, 2.45) is 0 Å². The van der Waals surface area contributed by atoms with E-state index < -0.39 is 12.1 Å². The highest BCUT2D eigenvalue weighted by Gasteiger charge is 2.19. The van der Waals surface area contributed by atoms with Crippen molar-refractivity contribution >= 4 is 5.91 Å². The van der Waals surface area contributed by atoms with Gasteiger partial charge in [0.1, 0.15) is 0 Å². The van der Waals surface area contributed by atoms with Crippen LogP contribution in [0.1, 0.15) is 200 Å². The van der Waals surface area contributed by atoms with E-state index in [0.717, 1.165) is 57.8 Å². The Morgan fingerprint density at radius 3 is 1.35 bits per heavy atom. The van der Waals surface area contributed by atoms with Crippen LogP contribution < -0.4 is 5.32 Å². The monoisotopic (exact) mass is 684 g/mol. The summed E-state index contributed by atoms with van der Waals surface area (Å²) in [5.41, 5.74) is 0. The molecule has 0 aliphatic rings. The number of nitrogens with one attached hydrogen (secondary N) is 1. The van der Waals surface area contributed by atoms with Gasteiger partial charge in [0.2, 0.25) is 5.91 Å². The third-order valence-corrected chi connectivity index (χ3v) is 9.29. The molecule has 0 heterocycles. The van der Waals surface area contributed by atoms with E-state index in [1.54, 1.807) is 0 Å². The number of allylic oxidation sites excluding steroid dienone is 10. The van der Waals surface area contributed by atoms with Crippen molar-refractivity contribution < 1.29 is 15.0 Å². The van der Waals surface area contributed by atoms with Crippen molar-refractivity contribution in [3.8, 4) is 0 Å². The molecular formula is C45H81NO3. The minimum atomic E-state index is -0.660. The van der Waals surface area contributed by atoms with E-state index in [0.29, 0.717) is 12.8 Å². The first-order valence-electron chi connectivity index (χ1n) is 21.0. The Balaban J connectivity index is 3.53. The first-order valence-corrected chi connectivity index (χ1v) is 21.0. The molecule has 3 N–H and O–H groups in total. The number of hydrogen-bond acceptors (Lipinski definition) is 3. The fourth-order valence-electron chi connectivity index (χ4n) is 6.09. The largest absolute Gasteiger partial charge is 0.394 e. The average molecular weight is 684 g/mol. The van der Waals surface area contributed by atoms with Crippen LogP contribution in [0.15, 0.2) is 60.8 Å². The zero-order valence-corrected chi connectivity index (χ0v) is 32.4. The van der Waals surface area contributed by atoms with Gasteiger partial charge in [-0.15, -0.1) is 0 Å². The summed E-state index contributed by atoms with van der Waals surface area (Å²) >= 11 is 0. The fourth-order valence-corrected chi connectivity index (χ4v) is 6.09. The number of unbranched alkanes of at least 4 members (excludes halogenated alkanes) is 20. The van der Waals surface area contributed by atoms with Crippen molar-refractivity contribution in [1.82, 2.24) is 5.32 Å². The van der Waals surface area contributed by atoms with Gasteiger partial charge >= 0.3 is 0 Å². The Labute approximate surface area is 305 Å². The zero-order valence-electron chi connectivity index (χ0n) is 32.4. The highest BCUT2D eigenvalue weighted by Crippen LogP contribution is 2.15. The van der Waals surface area contributed by atoms with Crippen LogP contribution in [0, 0.1) is 0 Å². The molecule has 0 saturated carbocycles. The molecule has 2 atom stereocenters. The molecule has 0 radical (unpaired) electrons. The molecule has 0 aromatic carbocycles. The zero-order chi connectivity index (χ0) is 35.7. The number of carbonyl (C=O) groups excluding carboxylic acids is 1. The Bertz CT molecular complexity index is 827. The molecule has 4 heteroatoms. The Morgan fingerprint density at radius 2 is 0.898 bits per heavy atom. The molecule has 0 bridgehead atoms. The maximum Gasteiger partial charge on any atom is 0.220 e. The predicted octanol–water partition coefficient (Wildman–Crippen LogP) is 13.0. The number of rotatable bonds is 37. The molecule has 0 aromatic heterocycles. The SMILES string of the molecule is CC/C=C\C/C=C\C/C=C\C/C=C\C/C=C\CCCCCCCCCCCCCC(=O)NC(CO)C(O)CCCCCCCCCCCC. The number of aliphatic hydroxyl groups is 2. The second-order valence-electron chi connectivity index (χ2n) is 14.0. The summed E-state index contributed by atoms with van der Waals surface area (Å²) in [4.78, 5) is 12.4. The molecule has 0 rings (SSSR count). The van der Waals surface area contributed by atoms with Gasteiger partial charge in [-0.1, -0.05) is 197 Å². The first-order chi connectivity index (χ1) is 24.2. The normalized spacial score (nSPS) is 13.6. The van der Waals surface area contributed by atoms with Crippen LogP contribution in [-0.2, 0) is 4.79 Å². The second kappa shape index (κ2) is 40.5. The van der Waals surface area contributed by atoms with Gasteiger partial charge in [0, 0.05) is 6.42 Å². The summed E-state index contributed by atoms with van der Waals surface area (Å²) < 4.78 is 0. The van der Waals surface area contributed by atoms with Crippen molar-refractivity contribution in [2.75, 3.05) is 6.61 Å². The van der Waals surface area contributed by atoms with Crippen LogP contribution in [0.5, 0.6) is 0 Å². The fraction of sp³-hybridized carbons (Fsp3) is 0.756. The van der Waals surface area contributed by atoms with Gasteiger partial charge in [0.25, 0.3) is 0 Å². The maximum atomic E-state index is 12.4. The Hall–Kier alpha value is -1.91. The van der Waals surface area contributed by atoms with Crippen LogP contribution in [0.4, 0.5) is 0 Å². The van der Waals surface area contributed by atoms with Gasteiger partial charge in [-0.2, -0.15) is 0 Å². The highest BCUT2D eigenvalue weighted by atomic mass is 16.3. The number of aliphatic hydroxyl groups excluding tert-OH is 2. The second-order valence-corrected chi connectivity index (χ2v) is 14.0. The molecule has 0 saturated heterocycles. The van der Waals surface area contributed by atoms with E-state index in [1.165, 1.54) is 116 Å². The minimum Gasteiger partial charge on any atom is -0.394 e. The molecule has 4 nitrogen and oxygen atoms in total. The van der Waals surface area contributed by atoms with Crippen LogP contribution in [0.2, 0.25) is 0 Å². The topological polar surface area (TPSA) is 69.6 Å². The average Bonchev–Trinajstić information content (AvgIpc) is 3.10. The van der Waals surface area contributed by atoms with Gasteiger partial charge in [0.15, 0.2) is 0 Å². The third kappa shape index (κ3) is 37.2. The lowest BCUT2D eigenvalue weighted by Crippen LogP contribution is -2.45. The summed E-state index contributed by atoms with van der Waals surface area (Å²) in [6.07, 6.45) is 55.8. The molecule has 0 aliphatic carbocycles. The van der Waals surface area contributed by atoms with Gasteiger partial charge in [0.05, 0.1) is 18.8 Å². The van der Waals surface area contributed by atoms with Gasteiger partial charge in [-0.25, -0.2) is 0 Å². The molecule has 1 amide bonds. The highest BCUT2D eigenvalue weighted by molar-refractivity contribution is 5.76. The van der Waals surface area contributed by atoms with Crippen LogP contribution in [0.3, 0.4) is 0 Å². The third-order valence-electron chi connectivity index (χ3n) is 9.29. The van der Waals surface area contributed by atoms with E-state index in [9.17, 15) is 15.0 Å². The standard InChI is InChI=1S/C45H81NO3/c1-3-5-7-9-11-13-15-16-17-18-19-20-21-22-23-24-25-26-27-28-29-30-31-33-35-37-39-41-45(49)46-43(42-47)44(48)40-38-36-34-32-14-12-10-8-6-4-2/h5,7,11,13,16-17,19-20,22-23,43-44,47-48H,3-4,6,8-10,12,14-15,18,21,24-42H2,1-2H3,(H,46,49)/b7-5-,13-11-,17-16-,20-19-,23-22-.